The van der Waals surface area contributed by atoms with Gasteiger partial charge in [0.05, 0.1) is 4.47 Å². The van der Waals surface area contributed by atoms with Crippen molar-refractivity contribution in [1.29, 1.82) is 0 Å². The molecular weight excluding hydrogens is 274 g/mol. The average Bonchev–Trinajstić information content (AvgIpc) is 1.94. The second kappa shape index (κ2) is 3.71. The summed E-state index contributed by atoms with van der Waals surface area (Å²) in [6.45, 7) is 0. The van der Waals surface area contributed by atoms with Gasteiger partial charge in [0.15, 0.2) is 0 Å². The molecule has 0 aliphatic heterocycles. The van der Waals surface area contributed by atoms with E-state index in [9.17, 15) is 13.2 Å². The van der Waals surface area contributed by atoms with E-state index >= 15 is 0 Å². The van der Waals surface area contributed by atoms with Crippen molar-refractivity contribution in [3.8, 4) is 5.88 Å². The summed E-state index contributed by atoms with van der Waals surface area (Å²) in [6.07, 6.45) is -4.76. The lowest BCUT2D eigenvalue weighted by Crippen LogP contribution is -2.18. The zero-order chi connectivity index (χ0) is 10.1. The van der Waals surface area contributed by atoms with Crippen molar-refractivity contribution >= 4 is 27.5 Å². The minimum Gasteiger partial charge on any atom is -0.387 e. The zero-order valence-electron chi connectivity index (χ0n) is 5.90. The topological polar surface area (TPSA) is 22.1 Å². The first-order chi connectivity index (χ1) is 5.88. The SMILES string of the molecule is FC(F)(F)Oc1nc(Cl)ccc1Br. The molecule has 0 aliphatic rings. The lowest BCUT2D eigenvalue weighted by Gasteiger charge is -2.08. The predicted octanol–water partition coefficient (Wildman–Crippen LogP) is 3.40. The fourth-order valence-corrected chi connectivity index (χ4v) is 1.02. The molecule has 7 heteroatoms. The number of hydrogen-bond acceptors (Lipinski definition) is 2. The molecule has 0 aliphatic carbocycles. The Labute approximate surface area is 84.8 Å². The Hall–Kier alpha value is -0.490. The number of nitrogens with zero attached hydrogens (tertiary/aromatic N) is 1. The van der Waals surface area contributed by atoms with Crippen LogP contribution in [0.5, 0.6) is 5.88 Å². The minimum atomic E-state index is -4.76. The molecule has 0 spiro atoms. The first-order valence-electron chi connectivity index (χ1n) is 2.96. The van der Waals surface area contributed by atoms with E-state index in [1.54, 1.807) is 0 Å². The normalized spacial score (nSPS) is 11.5. The Bertz CT molecular complexity index is 317. The average molecular weight is 276 g/mol. The lowest BCUT2D eigenvalue weighted by atomic mass is 10.5. The molecule has 0 saturated heterocycles. The Balaban J connectivity index is 2.94. The first kappa shape index (κ1) is 10.6. The smallest absolute Gasteiger partial charge is 0.387 e. The van der Waals surface area contributed by atoms with Gasteiger partial charge in [0.2, 0.25) is 5.88 Å². The Morgan fingerprint density at radius 2 is 2.00 bits per heavy atom. The molecular formula is C6H2BrClF3NO. The molecule has 1 rings (SSSR count). The van der Waals surface area contributed by atoms with Crippen LogP contribution in [0.3, 0.4) is 0 Å². The van der Waals surface area contributed by atoms with Crippen LogP contribution in [-0.2, 0) is 0 Å². The number of halogens is 5. The highest BCUT2D eigenvalue weighted by molar-refractivity contribution is 9.10. The number of pyridine rings is 1. The van der Waals surface area contributed by atoms with Gasteiger partial charge in [-0.25, -0.2) is 4.98 Å². The van der Waals surface area contributed by atoms with E-state index in [2.05, 4.69) is 25.7 Å². The van der Waals surface area contributed by atoms with Gasteiger partial charge >= 0.3 is 6.36 Å². The molecule has 0 N–H and O–H groups in total. The van der Waals surface area contributed by atoms with Gasteiger partial charge in [-0.2, -0.15) is 0 Å². The largest absolute Gasteiger partial charge is 0.574 e. The molecule has 13 heavy (non-hydrogen) atoms. The van der Waals surface area contributed by atoms with Gasteiger partial charge in [-0.3, -0.25) is 0 Å². The van der Waals surface area contributed by atoms with Crippen LogP contribution in [0, 0.1) is 0 Å². The molecule has 0 radical (unpaired) electrons. The van der Waals surface area contributed by atoms with Crippen LogP contribution < -0.4 is 4.74 Å². The van der Waals surface area contributed by atoms with E-state index in [4.69, 9.17) is 11.6 Å². The standard InChI is InChI=1S/C6H2BrClF3NO/c7-3-1-2-4(8)12-5(3)13-6(9,10)11/h1-2H. The molecule has 0 unspecified atom stereocenters. The second-order valence-corrected chi connectivity index (χ2v) is 3.21. The van der Waals surface area contributed by atoms with Crippen LogP contribution in [0.2, 0.25) is 5.15 Å². The number of rotatable bonds is 1. The van der Waals surface area contributed by atoms with E-state index in [0.29, 0.717) is 0 Å². The van der Waals surface area contributed by atoms with Crippen LogP contribution in [0.1, 0.15) is 0 Å². The van der Waals surface area contributed by atoms with Crippen molar-refractivity contribution in [2.24, 2.45) is 0 Å². The monoisotopic (exact) mass is 275 g/mol. The molecule has 0 fully saturated rings. The van der Waals surface area contributed by atoms with Crippen LogP contribution in [-0.4, -0.2) is 11.3 Å². The van der Waals surface area contributed by atoms with Crippen molar-refractivity contribution in [1.82, 2.24) is 4.98 Å². The van der Waals surface area contributed by atoms with Crippen LogP contribution in [0.25, 0.3) is 0 Å². The lowest BCUT2D eigenvalue weighted by molar-refractivity contribution is -0.276. The maximum absolute atomic E-state index is 11.7. The van der Waals surface area contributed by atoms with Gasteiger partial charge in [-0.1, -0.05) is 11.6 Å². The quantitative estimate of drug-likeness (QED) is 0.734. The highest BCUT2D eigenvalue weighted by atomic mass is 79.9. The molecule has 1 aromatic rings. The third-order valence-electron chi connectivity index (χ3n) is 0.992. The first-order valence-corrected chi connectivity index (χ1v) is 4.13. The fourth-order valence-electron chi connectivity index (χ4n) is 0.582. The summed E-state index contributed by atoms with van der Waals surface area (Å²) in [5, 5.41) is -0.0672. The Morgan fingerprint density at radius 3 is 2.54 bits per heavy atom. The van der Waals surface area contributed by atoms with Crippen LogP contribution >= 0.6 is 27.5 Å². The van der Waals surface area contributed by atoms with Crippen molar-refractivity contribution in [2.45, 2.75) is 6.36 Å². The molecule has 0 amide bonds. The number of alkyl halides is 3. The van der Waals surface area contributed by atoms with Crippen molar-refractivity contribution in [3.05, 3.63) is 21.8 Å². The summed E-state index contributed by atoms with van der Waals surface area (Å²) in [4.78, 5) is 3.33. The van der Waals surface area contributed by atoms with Gasteiger partial charge in [0, 0.05) is 0 Å². The summed E-state index contributed by atoms with van der Waals surface area (Å²) in [6, 6.07) is 2.66. The summed E-state index contributed by atoms with van der Waals surface area (Å²) >= 11 is 8.20. The third-order valence-corrected chi connectivity index (χ3v) is 1.81. The molecule has 72 valence electrons. The van der Waals surface area contributed by atoms with E-state index in [-0.39, 0.29) is 9.63 Å². The maximum Gasteiger partial charge on any atom is 0.574 e. The van der Waals surface area contributed by atoms with E-state index < -0.39 is 12.2 Å². The summed E-state index contributed by atoms with van der Waals surface area (Å²) in [5.74, 6) is -0.597. The number of ether oxygens (including phenoxy) is 1. The number of aromatic nitrogens is 1. The molecule has 0 atom stereocenters. The van der Waals surface area contributed by atoms with Crippen LogP contribution in [0.4, 0.5) is 13.2 Å². The highest BCUT2D eigenvalue weighted by Gasteiger charge is 2.32. The summed E-state index contributed by atoms with van der Waals surface area (Å²) in [5.41, 5.74) is 0. The predicted molar refractivity (Wildman–Crippen MR) is 43.6 cm³/mol. The summed E-state index contributed by atoms with van der Waals surface area (Å²) < 4.78 is 38.8. The van der Waals surface area contributed by atoms with Crippen molar-refractivity contribution < 1.29 is 17.9 Å². The van der Waals surface area contributed by atoms with Gasteiger partial charge in [0.1, 0.15) is 5.15 Å². The minimum absolute atomic E-state index is 0.0672. The Morgan fingerprint density at radius 1 is 1.38 bits per heavy atom. The molecule has 1 heterocycles. The van der Waals surface area contributed by atoms with Crippen molar-refractivity contribution in [2.75, 3.05) is 0 Å². The summed E-state index contributed by atoms with van der Waals surface area (Å²) in [7, 11) is 0. The molecule has 0 saturated carbocycles. The highest BCUT2D eigenvalue weighted by Crippen LogP contribution is 2.29. The molecule has 1 aromatic heterocycles. The van der Waals surface area contributed by atoms with E-state index in [1.807, 2.05) is 0 Å². The van der Waals surface area contributed by atoms with Crippen LogP contribution in [0.15, 0.2) is 16.6 Å². The zero-order valence-corrected chi connectivity index (χ0v) is 8.24. The fraction of sp³-hybridized carbons (Fsp3) is 0.167. The van der Waals surface area contributed by atoms with Gasteiger partial charge in [-0.05, 0) is 28.1 Å². The maximum atomic E-state index is 11.7. The molecule has 0 aromatic carbocycles. The number of hydrogen-bond donors (Lipinski definition) is 0. The van der Waals surface area contributed by atoms with Gasteiger partial charge in [0.25, 0.3) is 0 Å². The van der Waals surface area contributed by atoms with Gasteiger partial charge in [-0.15, -0.1) is 13.2 Å². The molecule has 2 nitrogen and oxygen atoms in total. The molecule has 0 bridgehead atoms. The van der Waals surface area contributed by atoms with Gasteiger partial charge < -0.3 is 4.74 Å². The van der Waals surface area contributed by atoms with E-state index in [1.165, 1.54) is 12.1 Å². The third kappa shape index (κ3) is 3.40. The second-order valence-electron chi connectivity index (χ2n) is 1.97. The Kier molecular flexibility index (Phi) is 3.02. The van der Waals surface area contributed by atoms with E-state index in [0.717, 1.165) is 0 Å². The van der Waals surface area contributed by atoms with Crippen molar-refractivity contribution in [3.63, 3.8) is 0 Å².